The van der Waals surface area contributed by atoms with Gasteiger partial charge in [-0.2, -0.15) is 13.2 Å². The molecule has 1 aliphatic heterocycles. The molecule has 0 bridgehead atoms. The lowest BCUT2D eigenvalue weighted by Gasteiger charge is -2.22. The third-order valence-electron chi connectivity index (χ3n) is 5.69. The molecule has 0 saturated carbocycles. The Morgan fingerprint density at radius 1 is 1.09 bits per heavy atom. The number of fused-ring (bicyclic) bond motifs is 1. The van der Waals surface area contributed by atoms with Crippen molar-refractivity contribution >= 4 is 23.3 Å². The normalized spacial score (nSPS) is 13.2. The third kappa shape index (κ3) is 3.37. The van der Waals surface area contributed by atoms with Gasteiger partial charge in [0.2, 0.25) is 0 Å². The van der Waals surface area contributed by atoms with E-state index < -0.39 is 17.7 Å². The van der Waals surface area contributed by atoms with Gasteiger partial charge in [0.1, 0.15) is 12.4 Å². The van der Waals surface area contributed by atoms with Crippen LogP contribution in [0.5, 0.6) is 5.75 Å². The number of nitrogens with two attached hydrogens (primary N) is 1. The number of ether oxygens (including phenoxy) is 2. The van der Waals surface area contributed by atoms with Crippen molar-refractivity contribution in [3.05, 3.63) is 69.2 Å². The predicted octanol–water partition coefficient (Wildman–Crippen LogP) is 6.57. The molecule has 0 amide bonds. The minimum atomic E-state index is -4.66. The second-order valence-corrected chi connectivity index (χ2v) is 7.98. The minimum absolute atomic E-state index is 0.0123. The highest BCUT2D eigenvalue weighted by molar-refractivity contribution is 6.33. The molecule has 0 atom stereocenters. The van der Waals surface area contributed by atoms with E-state index in [1.165, 1.54) is 7.11 Å². The van der Waals surface area contributed by atoms with Crippen LogP contribution in [-0.4, -0.2) is 13.1 Å². The smallest absolute Gasteiger partial charge is 0.417 e. The molecule has 0 saturated heterocycles. The quantitative estimate of drug-likeness (QED) is 0.354. The summed E-state index contributed by atoms with van der Waals surface area (Å²) < 4.78 is 53.2. The average molecular weight is 462 g/mol. The third-order valence-corrected chi connectivity index (χ3v) is 6.02. The first-order valence-corrected chi connectivity index (χ1v) is 10.1. The lowest BCUT2D eigenvalue weighted by molar-refractivity contribution is -0.137. The summed E-state index contributed by atoms with van der Waals surface area (Å²) >= 11 is 6.22. The van der Waals surface area contributed by atoms with Crippen LogP contribution < -0.4 is 10.5 Å². The molecule has 4 nitrogen and oxygen atoms in total. The van der Waals surface area contributed by atoms with Crippen LogP contribution in [0.1, 0.15) is 32.6 Å². The van der Waals surface area contributed by atoms with Gasteiger partial charge < -0.3 is 15.2 Å². The highest BCUT2D eigenvalue weighted by Crippen LogP contribution is 2.48. The van der Waals surface area contributed by atoms with Crippen LogP contribution in [0.3, 0.4) is 0 Å². The summed E-state index contributed by atoms with van der Waals surface area (Å²) in [7, 11) is 1.41. The monoisotopic (exact) mass is 461 g/mol. The maximum atomic E-state index is 14.2. The summed E-state index contributed by atoms with van der Waals surface area (Å²) in [6, 6.07) is 8.98. The number of nitrogen functional groups attached to an aromatic ring is 1. The Hall–Kier alpha value is -3.19. The van der Waals surface area contributed by atoms with Crippen LogP contribution in [0.25, 0.3) is 22.3 Å². The molecule has 3 aromatic carbocycles. The summed E-state index contributed by atoms with van der Waals surface area (Å²) in [5.41, 5.74) is 7.84. The second kappa shape index (κ2) is 7.74. The first-order chi connectivity index (χ1) is 15.1. The number of alkyl halides is 3. The van der Waals surface area contributed by atoms with E-state index in [0.717, 1.165) is 6.07 Å². The van der Waals surface area contributed by atoms with Crippen LogP contribution in [0.15, 0.2) is 36.4 Å². The molecule has 0 spiro atoms. The standard InChI is InChI=1S/C24H19ClF3NO3/c1-11-8-13(9-16(24(26,27)28)18(11)14-6-4-5-7-17(14)25)19-21(29)20-15(10-32-23(20)30)12(2)22(19)31-3/h4-9H,10,29H2,1-3H3. The Morgan fingerprint density at radius 3 is 2.41 bits per heavy atom. The number of hydrogen-bond acceptors (Lipinski definition) is 4. The Bertz CT molecular complexity index is 1270. The van der Waals surface area contributed by atoms with Gasteiger partial charge in [0.05, 0.1) is 23.9 Å². The highest BCUT2D eigenvalue weighted by atomic mass is 35.5. The van der Waals surface area contributed by atoms with Crippen molar-refractivity contribution in [1.82, 2.24) is 0 Å². The van der Waals surface area contributed by atoms with Crippen LogP contribution >= 0.6 is 11.6 Å². The van der Waals surface area contributed by atoms with Crippen LogP contribution in [-0.2, 0) is 17.5 Å². The molecule has 0 fully saturated rings. The maximum absolute atomic E-state index is 14.2. The highest BCUT2D eigenvalue weighted by Gasteiger charge is 2.37. The van der Waals surface area contributed by atoms with Crippen LogP contribution in [0, 0.1) is 13.8 Å². The number of benzene rings is 3. The lowest BCUT2D eigenvalue weighted by Crippen LogP contribution is -2.10. The molecular weight excluding hydrogens is 443 g/mol. The van der Waals surface area contributed by atoms with Gasteiger partial charge in [-0.1, -0.05) is 35.9 Å². The molecule has 3 aromatic rings. The van der Waals surface area contributed by atoms with Crippen LogP contribution in [0.2, 0.25) is 5.02 Å². The van der Waals surface area contributed by atoms with E-state index in [2.05, 4.69) is 0 Å². The van der Waals surface area contributed by atoms with Gasteiger partial charge in [0.25, 0.3) is 0 Å². The fourth-order valence-corrected chi connectivity index (χ4v) is 4.49. The van der Waals surface area contributed by atoms with Gasteiger partial charge in [-0.05, 0) is 48.2 Å². The topological polar surface area (TPSA) is 61.5 Å². The molecule has 0 aliphatic carbocycles. The van der Waals surface area contributed by atoms with E-state index in [0.29, 0.717) is 22.4 Å². The molecule has 8 heteroatoms. The Kier molecular flexibility index (Phi) is 5.33. The number of esters is 1. The zero-order chi connectivity index (χ0) is 23.4. The average Bonchev–Trinajstić information content (AvgIpc) is 3.12. The van der Waals surface area contributed by atoms with Gasteiger partial charge in [-0.3, -0.25) is 0 Å². The van der Waals surface area contributed by atoms with E-state index >= 15 is 0 Å². The van der Waals surface area contributed by atoms with E-state index in [1.807, 2.05) is 0 Å². The fraction of sp³-hybridized carbons (Fsp3) is 0.208. The van der Waals surface area contributed by atoms with Gasteiger partial charge >= 0.3 is 12.1 Å². The predicted molar refractivity (Wildman–Crippen MR) is 117 cm³/mol. The van der Waals surface area contributed by atoms with Crippen molar-refractivity contribution < 1.29 is 27.4 Å². The van der Waals surface area contributed by atoms with Crippen molar-refractivity contribution in [2.75, 3.05) is 12.8 Å². The summed E-state index contributed by atoms with van der Waals surface area (Å²) in [6.45, 7) is 3.34. The molecule has 4 rings (SSSR count). The molecule has 1 heterocycles. The molecule has 1 aliphatic rings. The number of aryl methyl sites for hydroxylation is 1. The fourth-order valence-electron chi connectivity index (χ4n) is 4.26. The van der Waals surface area contributed by atoms with E-state index in [4.69, 9.17) is 26.8 Å². The molecule has 32 heavy (non-hydrogen) atoms. The number of halogens is 4. The van der Waals surface area contributed by atoms with Crippen molar-refractivity contribution in [3.63, 3.8) is 0 Å². The Balaban J connectivity index is 2.07. The number of cyclic esters (lactones) is 1. The van der Waals surface area contributed by atoms with Gasteiger partial charge in [-0.25, -0.2) is 4.79 Å². The van der Waals surface area contributed by atoms with Gasteiger partial charge in [-0.15, -0.1) is 0 Å². The van der Waals surface area contributed by atoms with Crippen LogP contribution in [0.4, 0.5) is 18.9 Å². The van der Waals surface area contributed by atoms with Crippen molar-refractivity contribution in [1.29, 1.82) is 0 Å². The molecule has 0 radical (unpaired) electrons. The summed E-state index contributed by atoms with van der Waals surface area (Å²) in [5, 5.41) is 0.210. The first-order valence-electron chi connectivity index (χ1n) is 9.69. The molecular formula is C24H19ClF3NO3. The summed E-state index contributed by atoms with van der Waals surface area (Å²) in [6.07, 6.45) is -4.66. The number of carbonyl (C=O) groups excluding carboxylic acids is 1. The van der Waals surface area contributed by atoms with E-state index in [9.17, 15) is 18.0 Å². The number of carbonyl (C=O) groups is 1. The van der Waals surface area contributed by atoms with Crippen molar-refractivity contribution in [2.45, 2.75) is 26.6 Å². The number of methoxy groups -OCH3 is 1. The minimum Gasteiger partial charge on any atom is -0.496 e. The number of anilines is 1. The van der Waals surface area contributed by atoms with Gasteiger partial charge in [0, 0.05) is 21.7 Å². The Morgan fingerprint density at radius 2 is 1.78 bits per heavy atom. The zero-order valence-electron chi connectivity index (χ0n) is 17.5. The van der Waals surface area contributed by atoms with E-state index in [-0.39, 0.29) is 45.1 Å². The molecule has 166 valence electrons. The summed E-state index contributed by atoms with van der Waals surface area (Å²) in [5.74, 6) is -0.303. The molecule has 0 aromatic heterocycles. The summed E-state index contributed by atoms with van der Waals surface area (Å²) in [4.78, 5) is 12.3. The second-order valence-electron chi connectivity index (χ2n) is 7.57. The first kappa shape index (κ1) is 22.0. The Labute approximate surface area is 187 Å². The van der Waals surface area contributed by atoms with Crippen molar-refractivity contribution in [2.24, 2.45) is 0 Å². The maximum Gasteiger partial charge on any atom is 0.417 e. The zero-order valence-corrected chi connectivity index (χ0v) is 18.2. The van der Waals surface area contributed by atoms with E-state index in [1.54, 1.807) is 44.2 Å². The SMILES string of the molecule is COc1c(C)c2c(c(N)c1-c1cc(C)c(-c3ccccc3Cl)c(C(F)(F)F)c1)C(=O)OC2. The molecule has 0 unspecified atom stereocenters. The lowest BCUT2D eigenvalue weighted by atomic mass is 9.87. The van der Waals surface area contributed by atoms with Gasteiger partial charge in [0.15, 0.2) is 0 Å². The number of rotatable bonds is 3. The largest absolute Gasteiger partial charge is 0.496 e. The van der Waals surface area contributed by atoms with Crippen molar-refractivity contribution in [3.8, 4) is 28.0 Å². The number of hydrogen-bond donors (Lipinski definition) is 1. The molecule has 2 N–H and O–H groups in total.